The van der Waals surface area contributed by atoms with Crippen molar-refractivity contribution in [3.63, 3.8) is 0 Å². The first-order valence-corrected chi connectivity index (χ1v) is 11.3. The Hall–Kier alpha value is -3.26. The summed E-state index contributed by atoms with van der Waals surface area (Å²) >= 11 is 1.79. The van der Waals surface area contributed by atoms with Crippen LogP contribution in [0.5, 0.6) is 5.75 Å². The minimum absolute atomic E-state index is 0.0815. The Morgan fingerprint density at radius 2 is 1.90 bits per heavy atom. The average Bonchev–Trinajstić information content (AvgIpc) is 3.50. The summed E-state index contributed by atoms with van der Waals surface area (Å²) in [6.45, 7) is 0.321. The maximum absolute atomic E-state index is 13.2. The molecule has 2 aromatic carbocycles. The number of fused-ring (bicyclic) bond motifs is 1. The number of para-hydroxylation sites is 3. The molecule has 7 nitrogen and oxygen atoms in total. The van der Waals surface area contributed by atoms with Gasteiger partial charge in [-0.05, 0) is 24.3 Å². The van der Waals surface area contributed by atoms with Crippen molar-refractivity contribution in [1.82, 2.24) is 9.78 Å². The van der Waals surface area contributed by atoms with Crippen molar-refractivity contribution >= 4 is 35.1 Å². The molecule has 0 radical (unpaired) electrons. The molecule has 2 aliphatic heterocycles. The van der Waals surface area contributed by atoms with Crippen molar-refractivity contribution < 1.29 is 14.3 Å². The van der Waals surface area contributed by atoms with Gasteiger partial charge in [0.1, 0.15) is 11.6 Å². The Bertz CT molecular complexity index is 1140. The lowest BCUT2D eigenvalue weighted by atomic mass is 10.1. The first kappa shape index (κ1) is 19.7. The van der Waals surface area contributed by atoms with Crippen molar-refractivity contribution in [2.24, 2.45) is 5.92 Å². The molecule has 0 saturated carbocycles. The second-order valence-electron chi connectivity index (χ2n) is 7.58. The van der Waals surface area contributed by atoms with Gasteiger partial charge in [0.15, 0.2) is 0 Å². The minimum atomic E-state index is -0.443. The molecular formula is C23H22N4O3S. The number of hydrogen-bond acceptors (Lipinski definition) is 5. The van der Waals surface area contributed by atoms with E-state index in [1.54, 1.807) is 28.5 Å². The maximum atomic E-state index is 13.2. The fourth-order valence-electron chi connectivity index (χ4n) is 4.08. The minimum Gasteiger partial charge on any atom is -0.495 e. The summed E-state index contributed by atoms with van der Waals surface area (Å²) in [6, 6.07) is 17.1. The monoisotopic (exact) mass is 434 g/mol. The molecule has 1 fully saturated rings. The van der Waals surface area contributed by atoms with Gasteiger partial charge in [0.05, 0.1) is 30.1 Å². The van der Waals surface area contributed by atoms with Gasteiger partial charge in [-0.15, -0.1) is 0 Å². The molecule has 3 heterocycles. The third-order valence-electron chi connectivity index (χ3n) is 5.67. The van der Waals surface area contributed by atoms with E-state index in [1.807, 2.05) is 54.6 Å². The normalized spacial score (nSPS) is 17.6. The summed E-state index contributed by atoms with van der Waals surface area (Å²) in [7, 11) is 1.58. The molecule has 0 aliphatic carbocycles. The molecule has 1 N–H and O–H groups in total. The number of aromatic nitrogens is 2. The van der Waals surface area contributed by atoms with Gasteiger partial charge in [-0.25, -0.2) is 4.68 Å². The zero-order chi connectivity index (χ0) is 21.4. The molecule has 2 amide bonds. The van der Waals surface area contributed by atoms with E-state index in [0.717, 1.165) is 28.5 Å². The number of thioether (sulfide) groups is 1. The number of nitrogens with zero attached hydrogens (tertiary/aromatic N) is 3. The molecule has 5 rings (SSSR count). The van der Waals surface area contributed by atoms with Crippen molar-refractivity contribution in [1.29, 1.82) is 0 Å². The Balaban J connectivity index is 1.40. The zero-order valence-corrected chi connectivity index (χ0v) is 17.9. The van der Waals surface area contributed by atoms with Crippen LogP contribution in [-0.2, 0) is 21.1 Å². The number of methoxy groups -OCH3 is 1. The molecular weight excluding hydrogens is 412 g/mol. The Labute approximate surface area is 184 Å². The van der Waals surface area contributed by atoms with Crippen LogP contribution in [0.2, 0.25) is 0 Å². The van der Waals surface area contributed by atoms with Gasteiger partial charge < -0.3 is 15.0 Å². The molecule has 8 heteroatoms. The van der Waals surface area contributed by atoms with Crippen molar-refractivity contribution in [3.05, 3.63) is 65.9 Å². The average molecular weight is 435 g/mol. The maximum Gasteiger partial charge on any atom is 0.230 e. The quantitative estimate of drug-likeness (QED) is 0.664. The number of benzene rings is 2. The molecule has 1 atom stereocenters. The molecule has 1 saturated heterocycles. The summed E-state index contributed by atoms with van der Waals surface area (Å²) in [5.41, 5.74) is 3.66. The highest BCUT2D eigenvalue weighted by molar-refractivity contribution is 7.98. The van der Waals surface area contributed by atoms with Crippen LogP contribution < -0.4 is 15.0 Å². The van der Waals surface area contributed by atoms with Crippen LogP contribution in [0.25, 0.3) is 5.69 Å². The van der Waals surface area contributed by atoms with Crippen LogP contribution >= 0.6 is 11.8 Å². The number of carbonyl (C=O) groups is 2. The van der Waals surface area contributed by atoms with Crippen molar-refractivity contribution in [2.45, 2.75) is 17.9 Å². The van der Waals surface area contributed by atoms with Gasteiger partial charge >= 0.3 is 0 Å². The van der Waals surface area contributed by atoms with E-state index in [1.165, 1.54) is 0 Å². The second kappa shape index (κ2) is 8.11. The number of nitrogens with one attached hydrogen (secondary N) is 1. The fourth-order valence-corrected chi connectivity index (χ4v) is 5.12. The standard InChI is InChI=1S/C23H22N4O3S/c1-30-20-10-6-5-9-19(20)26-12-15(11-21(26)28)23(29)24-22-17-13-31-14-18(17)25-27(22)16-7-3-2-4-8-16/h2-10,15H,11-14H2,1H3,(H,24,29). The zero-order valence-electron chi connectivity index (χ0n) is 17.1. The number of ether oxygens (including phenoxy) is 1. The Morgan fingerprint density at radius 3 is 2.71 bits per heavy atom. The predicted molar refractivity (Wildman–Crippen MR) is 121 cm³/mol. The molecule has 158 valence electrons. The highest BCUT2D eigenvalue weighted by atomic mass is 32.2. The van der Waals surface area contributed by atoms with Crippen LogP contribution in [0.1, 0.15) is 17.7 Å². The molecule has 1 unspecified atom stereocenters. The Kier molecular flexibility index (Phi) is 5.15. The predicted octanol–water partition coefficient (Wildman–Crippen LogP) is 3.62. The summed E-state index contributed by atoms with van der Waals surface area (Å²) < 4.78 is 7.20. The van der Waals surface area contributed by atoms with Crippen LogP contribution in [-0.4, -0.2) is 35.2 Å². The third kappa shape index (κ3) is 3.57. The lowest BCUT2D eigenvalue weighted by Gasteiger charge is -2.19. The SMILES string of the molecule is COc1ccccc1N1CC(C(=O)Nc2c3c(nn2-c2ccccc2)CSC3)CC1=O. The lowest BCUT2D eigenvalue weighted by molar-refractivity contribution is -0.122. The van der Waals surface area contributed by atoms with E-state index in [2.05, 4.69) is 5.32 Å². The second-order valence-corrected chi connectivity index (χ2v) is 8.57. The van der Waals surface area contributed by atoms with Crippen LogP contribution in [0.4, 0.5) is 11.5 Å². The van der Waals surface area contributed by atoms with Gasteiger partial charge in [0.25, 0.3) is 0 Å². The largest absolute Gasteiger partial charge is 0.495 e. The van der Waals surface area contributed by atoms with E-state index < -0.39 is 5.92 Å². The van der Waals surface area contributed by atoms with Gasteiger partial charge in [0.2, 0.25) is 11.8 Å². The smallest absolute Gasteiger partial charge is 0.230 e. The van der Waals surface area contributed by atoms with E-state index >= 15 is 0 Å². The molecule has 0 spiro atoms. The van der Waals surface area contributed by atoms with Gasteiger partial charge in [-0.2, -0.15) is 16.9 Å². The topological polar surface area (TPSA) is 76.5 Å². The summed E-state index contributed by atoms with van der Waals surface area (Å²) in [4.78, 5) is 27.5. The van der Waals surface area contributed by atoms with Crippen LogP contribution in [0.15, 0.2) is 54.6 Å². The number of hydrogen-bond donors (Lipinski definition) is 1. The van der Waals surface area contributed by atoms with Crippen molar-refractivity contribution in [3.8, 4) is 11.4 Å². The number of rotatable bonds is 5. The van der Waals surface area contributed by atoms with Crippen LogP contribution in [0.3, 0.4) is 0 Å². The highest BCUT2D eigenvalue weighted by Crippen LogP contribution is 2.37. The first-order chi connectivity index (χ1) is 15.2. The number of anilines is 2. The van der Waals surface area contributed by atoms with Crippen molar-refractivity contribution in [2.75, 3.05) is 23.9 Å². The molecule has 1 aromatic heterocycles. The first-order valence-electron chi connectivity index (χ1n) is 10.1. The molecule has 0 bridgehead atoms. The van der Waals surface area contributed by atoms with E-state index in [9.17, 15) is 9.59 Å². The van der Waals surface area contributed by atoms with Gasteiger partial charge in [0, 0.05) is 30.0 Å². The summed E-state index contributed by atoms with van der Waals surface area (Å²) in [6.07, 6.45) is 0.167. The van der Waals surface area contributed by atoms with E-state index in [-0.39, 0.29) is 18.2 Å². The van der Waals surface area contributed by atoms with Gasteiger partial charge in [-0.3, -0.25) is 9.59 Å². The molecule has 2 aliphatic rings. The fraction of sp³-hybridized carbons (Fsp3) is 0.261. The summed E-state index contributed by atoms with van der Waals surface area (Å²) in [5, 5.41) is 7.82. The van der Waals surface area contributed by atoms with E-state index in [0.29, 0.717) is 23.8 Å². The Morgan fingerprint density at radius 1 is 1.13 bits per heavy atom. The number of amides is 2. The van der Waals surface area contributed by atoms with Gasteiger partial charge in [-0.1, -0.05) is 30.3 Å². The third-order valence-corrected chi connectivity index (χ3v) is 6.64. The van der Waals surface area contributed by atoms with Crippen LogP contribution in [0, 0.1) is 5.92 Å². The number of carbonyl (C=O) groups excluding carboxylic acids is 2. The molecule has 31 heavy (non-hydrogen) atoms. The summed E-state index contributed by atoms with van der Waals surface area (Å²) in [5.74, 6) is 2.29. The lowest BCUT2D eigenvalue weighted by Crippen LogP contribution is -2.29. The molecule has 3 aromatic rings. The highest BCUT2D eigenvalue weighted by Gasteiger charge is 2.37. The van der Waals surface area contributed by atoms with E-state index in [4.69, 9.17) is 9.84 Å².